The van der Waals surface area contributed by atoms with Gasteiger partial charge in [-0.05, 0) is 51.0 Å². The molecule has 3 rings (SSSR count). The second-order valence-electron chi connectivity index (χ2n) is 6.73. The van der Waals surface area contributed by atoms with Gasteiger partial charge in [0.1, 0.15) is 6.26 Å². The predicted octanol–water partition coefficient (Wildman–Crippen LogP) is 3.14. The first-order chi connectivity index (χ1) is 11.7. The highest BCUT2D eigenvalue weighted by atomic mass is 16.3. The SMILES string of the molecule is O=C(NCCC1=CCCCC1)C1CCN(C(=O)c2ccoc2)CC1. The van der Waals surface area contributed by atoms with Gasteiger partial charge in [0.2, 0.25) is 5.91 Å². The number of likely N-dealkylation sites (tertiary alicyclic amines) is 1. The Morgan fingerprint density at radius 3 is 2.75 bits per heavy atom. The summed E-state index contributed by atoms with van der Waals surface area (Å²) in [6, 6.07) is 1.68. The molecule has 0 saturated carbocycles. The number of piperidine rings is 1. The van der Waals surface area contributed by atoms with E-state index in [0.29, 0.717) is 18.7 Å². The van der Waals surface area contributed by atoms with Crippen LogP contribution in [0.5, 0.6) is 0 Å². The number of amides is 2. The number of nitrogens with one attached hydrogen (secondary N) is 1. The lowest BCUT2D eigenvalue weighted by atomic mass is 9.95. The minimum atomic E-state index is -0.00755. The van der Waals surface area contributed by atoms with Crippen LogP contribution in [-0.4, -0.2) is 36.3 Å². The topological polar surface area (TPSA) is 62.6 Å². The van der Waals surface area contributed by atoms with Crippen molar-refractivity contribution in [3.8, 4) is 0 Å². The Labute approximate surface area is 143 Å². The molecule has 1 fully saturated rings. The summed E-state index contributed by atoms with van der Waals surface area (Å²) >= 11 is 0. The summed E-state index contributed by atoms with van der Waals surface area (Å²) in [5.74, 6) is 0.160. The van der Waals surface area contributed by atoms with Crippen LogP contribution in [0.3, 0.4) is 0 Å². The zero-order valence-electron chi connectivity index (χ0n) is 14.1. The smallest absolute Gasteiger partial charge is 0.257 e. The van der Waals surface area contributed by atoms with Crippen LogP contribution < -0.4 is 5.32 Å². The van der Waals surface area contributed by atoms with E-state index in [1.54, 1.807) is 6.07 Å². The largest absolute Gasteiger partial charge is 0.472 e. The number of rotatable bonds is 5. The molecule has 1 aromatic heterocycles. The van der Waals surface area contributed by atoms with Gasteiger partial charge in [-0.15, -0.1) is 0 Å². The summed E-state index contributed by atoms with van der Waals surface area (Å²) in [5.41, 5.74) is 2.07. The second-order valence-corrected chi connectivity index (χ2v) is 6.73. The first-order valence-corrected chi connectivity index (χ1v) is 9.01. The Bertz CT molecular complexity index is 584. The van der Waals surface area contributed by atoms with Crippen molar-refractivity contribution in [3.63, 3.8) is 0 Å². The van der Waals surface area contributed by atoms with Crippen molar-refractivity contribution in [1.82, 2.24) is 10.2 Å². The summed E-state index contributed by atoms with van der Waals surface area (Å²) in [6.45, 7) is 2.00. The van der Waals surface area contributed by atoms with Crippen molar-refractivity contribution in [1.29, 1.82) is 0 Å². The molecule has 1 aromatic rings. The Kier molecular flexibility index (Phi) is 5.72. The molecule has 0 spiro atoms. The molecule has 2 aliphatic rings. The second kappa shape index (κ2) is 8.18. The van der Waals surface area contributed by atoms with E-state index in [2.05, 4.69) is 11.4 Å². The van der Waals surface area contributed by atoms with Gasteiger partial charge in [0.25, 0.3) is 5.91 Å². The maximum absolute atomic E-state index is 12.3. The van der Waals surface area contributed by atoms with Crippen LogP contribution in [-0.2, 0) is 4.79 Å². The summed E-state index contributed by atoms with van der Waals surface area (Å²) in [7, 11) is 0. The molecule has 0 aromatic carbocycles. The molecule has 2 amide bonds. The lowest BCUT2D eigenvalue weighted by Crippen LogP contribution is -2.43. The zero-order valence-corrected chi connectivity index (χ0v) is 14.1. The minimum absolute atomic E-state index is 0.00755. The van der Waals surface area contributed by atoms with Crippen molar-refractivity contribution >= 4 is 11.8 Å². The van der Waals surface area contributed by atoms with Crippen molar-refractivity contribution < 1.29 is 14.0 Å². The van der Waals surface area contributed by atoms with Gasteiger partial charge < -0.3 is 14.6 Å². The number of nitrogens with zero attached hydrogens (tertiary/aromatic N) is 1. The molecular formula is C19H26N2O3. The Hall–Kier alpha value is -2.04. The van der Waals surface area contributed by atoms with Crippen LogP contribution in [0.25, 0.3) is 0 Å². The number of carbonyl (C=O) groups is 2. The quantitative estimate of drug-likeness (QED) is 0.844. The van der Waals surface area contributed by atoms with E-state index in [4.69, 9.17) is 4.42 Å². The first-order valence-electron chi connectivity index (χ1n) is 9.01. The minimum Gasteiger partial charge on any atom is -0.472 e. The summed E-state index contributed by atoms with van der Waals surface area (Å²) in [4.78, 5) is 26.3. The molecule has 0 atom stereocenters. The van der Waals surface area contributed by atoms with E-state index in [1.807, 2.05) is 4.90 Å². The molecule has 130 valence electrons. The molecule has 0 bridgehead atoms. The van der Waals surface area contributed by atoms with Gasteiger partial charge in [0.15, 0.2) is 0 Å². The van der Waals surface area contributed by atoms with Gasteiger partial charge in [-0.3, -0.25) is 9.59 Å². The molecule has 1 N–H and O–H groups in total. The number of carbonyl (C=O) groups excluding carboxylic acids is 2. The first kappa shape index (κ1) is 16.8. The maximum Gasteiger partial charge on any atom is 0.257 e. The third kappa shape index (κ3) is 4.28. The third-order valence-corrected chi connectivity index (χ3v) is 5.05. The van der Waals surface area contributed by atoms with E-state index in [-0.39, 0.29) is 17.7 Å². The van der Waals surface area contributed by atoms with Crippen LogP contribution in [0, 0.1) is 5.92 Å². The Balaban J connectivity index is 1.38. The fourth-order valence-electron chi connectivity index (χ4n) is 3.54. The monoisotopic (exact) mass is 330 g/mol. The van der Waals surface area contributed by atoms with Crippen LogP contribution in [0.4, 0.5) is 0 Å². The average Bonchev–Trinajstić information content (AvgIpc) is 3.17. The fourth-order valence-corrected chi connectivity index (χ4v) is 3.54. The maximum atomic E-state index is 12.3. The Morgan fingerprint density at radius 1 is 1.25 bits per heavy atom. The third-order valence-electron chi connectivity index (χ3n) is 5.05. The molecule has 1 aliphatic carbocycles. The van der Waals surface area contributed by atoms with E-state index in [9.17, 15) is 9.59 Å². The van der Waals surface area contributed by atoms with Gasteiger partial charge in [-0.25, -0.2) is 0 Å². The normalized spacial score (nSPS) is 19.0. The highest BCUT2D eigenvalue weighted by Crippen LogP contribution is 2.21. The van der Waals surface area contributed by atoms with Crippen molar-refractivity contribution in [2.75, 3.05) is 19.6 Å². The van der Waals surface area contributed by atoms with E-state index in [0.717, 1.165) is 25.8 Å². The molecule has 5 heteroatoms. The van der Waals surface area contributed by atoms with E-state index < -0.39 is 0 Å². The number of hydrogen-bond acceptors (Lipinski definition) is 3. The van der Waals surface area contributed by atoms with Crippen molar-refractivity contribution in [2.24, 2.45) is 5.92 Å². The lowest BCUT2D eigenvalue weighted by Gasteiger charge is -2.31. The van der Waals surface area contributed by atoms with E-state index in [1.165, 1.54) is 43.8 Å². The van der Waals surface area contributed by atoms with Crippen LogP contribution in [0.2, 0.25) is 0 Å². The number of furan rings is 1. The molecule has 1 aliphatic heterocycles. The lowest BCUT2D eigenvalue weighted by molar-refractivity contribution is -0.126. The van der Waals surface area contributed by atoms with Crippen LogP contribution >= 0.6 is 0 Å². The highest BCUT2D eigenvalue weighted by Gasteiger charge is 2.27. The van der Waals surface area contributed by atoms with Gasteiger partial charge in [0, 0.05) is 25.6 Å². The molecule has 1 saturated heterocycles. The number of allylic oxidation sites excluding steroid dienone is 1. The zero-order chi connectivity index (χ0) is 16.8. The van der Waals surface area contributed by atoms with Crippen LogP contribution in [0.15, 0.2) is 34.7 Å². The van der Waals surface area contributed by atoms with Gasteiger partial charge in [0.05, 0.1) is 11.8 Å². The van der Waals surface area contributed by atoms with Crippen LogP contribution in [0.1, 0.15) is 55.3 Å². The molecule has 0 unspecified atom stereocenters. The fraction of sp³-hybridized carbons (Fsp3) is 0.579. The van der Waals surface area contributed by atoms with Crippen molar-refractivity contribution in [2.45, 2.75) is 44.9 Å². The number of hydrogen-bond donors (Lipinski definition) is 1. The molecular weight excluding hydrogens is 304 g/mol. The van der Waals surface area contributed by atoms with Gasteiger partial charge in [-0.2, -0.15) is 0 Å². The average molecular weight is 330 g/mol. The molecule has 5 nitrogen and oxygen atoms in total. The highest BCUT2D eigenvalue weighted by molar-refractivity contribution is 5.94. The van der Waals surface area contributed by atoms with Gasteiger partial charge in [-0.1, -0.05) is 11.6 Å². The predicted molar refractivity (Wildman–Crippen MR) is 91.5 cm³/mol. The summed E-state index contributed by atoms with van der Waals surface area (Å²) in [5, 5.41) is 3.07. The van der Waals surface area contributed by atoms with Gasteiger partial charge >= 0.3 is 0 Å². The molecule has 24 heavy (non-hydrogen) atoms. The molecule has 0 radical (unpaired) electrons. The Morgan fingerprint density at radius 2 is 2.08 bits per heavy atom. The summed E-state index contributed by atoms with van der Waals surface area (Å²) < 4.78 is 4.96. The standard InChI is InChI=1S/C19H26N2O3/c22-18(20-10-6-15-4-2-1-3-5-15)16-7-11-21(12-8-16)19(23)17-9-13-24-14-17/h4,9,13-14,16H,1-3,5-8,10-12H2,(H,20,22). The van der Waals surface area contributed by atoms with Crippen molar-refractivity contribution in [3.05, 3.63) is 35.8 Å². The molecule has 2 heterocycles. The summed E-state index contributed by atoms with van der Waals surface area (Å²) in [6.07, 6.45) is 12.7. The van der Waals surface area contributed by atoms with E-state index >= 15 is 0 Å².